The standard InChI is InChI=1S/C27H27ClN6O3/c1-34-25(18-6-4-5-7-19(18)28)23-21(33-34)11-9-17-15-30-27(32-24(17)23)31-20-10-8-16(14-22(20)37-3)26(35)29-12-13-36-2/h4-8,10,14-15H,9,11-13H2,1-3H3,(H,29,35)(H,30,31,32). The van der Waals surface area contributed by atoms with Gasteiger partial charge in [0, 0.05) is 48.6 Å². The van der Waals surface area contributed by atoms with Crippen LogP contribution in [0, 0.1) is 0 Å². The fraction of sp³-hybridized carbons (Fsp3) is 0.259. The first-order valence-corrected chi connectivity index (χ1v) is 12.3. The Bertz CT molecular complexity index is 1470. The number of amides is 1. The van der Waals surface area contributed by atoms with E-state index in [1.807, 2.05) is 42.2 Å². The van der Waals surface area contributed by atoms with Crippen LogP contribution in [0.25, 0.3) is 22.5 Å². The summed E-state index contributed by atoms with van der Waals surface area (Å²) in [4.78, 5) is 21.9. The van der Waals surface area contributed by atoms with Gasteiger partial charge in [0.05, 0.1) is 36.5 Å². The van der Waals surface area contributed by atoms with E-state index < -0.39 is 0 Å². The van der Waals surface area contributed by atoms with Crippen LogP contribution in [0.4, 0.5) is 11.6 Å². The molecule has 9 nitrogen and oxygen atoms in total. The molecule has 2 heterocycles. The molecule has 0 atom stereocenters. The van der Waals surface area contributed by atoms with Crippen LogP contribution in [-0.2, 0) is 24.6 Å². The van der Waals surface area contributed by atoms with Gasteiger partial charge in [0.25, 0.3) is 5.91 Å². The summed E-state index contributed by atoms with van der Waals surface area (Å²) in [6.45, 7) is 0.863. The monoisotopic (exact) mass is 518 g/mol. The van der Waals surface area contributed by atoms with Crippen molar-refractivity contribution in [2.75, 3.05) is 32.7 Å². The summed E-state index contributed by atoms with van der Waals surface area (Å²) in [5, 5.41) is 11.5. The van der Waals surface area contributed by atoms with E-state index in [0.29, 0.717) is 41.1 Å². The number of methoxy groups -OCH3 is 2. The van der Waals surface area contributed by atoms with E-state index in [1.54, 1.807) is 32.4 Å². The smallest absolute Gasteiger partial charge is 0.251 e. The molecule has 1 aliphatic carbocycles. The first kappa shape index (κ1) is 24.7. The molecule has 0 unspecified atom stereocenters. The average molecular weight is 519 g/mol. The largest absolute Gasteiger partial charge is 0.495 e. The average Bonchev–Trinajstić information content (AvgIpc) is 3.25. The van der Waals surface area contributed by atoms with Gasteiger partial charge in [-0.2, -0.15) is 5.10 Å². The number of nitrogens with zero attached hydrogens (tertiary/aromatic N) is 4. The number of carbonyl (C=O) groups excluding carboxylic acids is 1. The molecule has 2 aromatic carbocycles. The topological polar surface area (TPSA) is 103 Å². The van der Waals surface area contributed by atoms with Gasteiger partial charge in [-0.05, 0) is 42.7 Å². The number of benzene rings is 2. The highest BCUT2D eigenvalue weighted by molar-refractivity contribution is 6.33. The fourth-order valence-corrected chi connectivity index (χ4v) is 4.74. The predicted octanol–water partition coefficient (Wildman–Crippen LogP) is 4.42. The Morgan fingerprint density at radius 2 is 2.00 bits per heavy atom. The van der Waals surface area contributed by atoms with Gasteiger partial charge in [-0.15, -0.1) is 0 Å². The summed E-state index contributed by atoms with van der Waals surface area (Å²) in [5.74, 6) is 0.707. The second kappa shape index (κ2) is 10.6. The Morgan fingerprint density at radius 1 is 1.16 bits per heavy atom. The van der Waals surface area contributed by atoms with E-state index in [4.69, 9.17) is 31.2 Å². The van der Waals surface area contributed by atoms with Gasteiger partial charge in [-0.25, -0.2) is 9.97 Å². The van der Waals surface area contributed by atoms with E-state index in [2.05, 4.69) is 15.6 Å². The van der Waals surface area contributed by atoms with Crippen LogP contribution in [0.3, 0.4) is 0 Å². The van der Waals surface area contributed by atoms with Crippen molar-refractivity contribution in [1.82, 2.24) is 25.1 Å². The zero-order chi connectivity index (χ0) is 25.9. The molecule has 0 saturated carbocycles. The minimum absolute atomic E-state index is 0.205. The number of ether oxygens (including phenoxy) is 2. The van der Waals surface area contributed by atoms with Gasteiger partial charge >= 0.3 is 0 Å². The van der Waals surface area contributed by atoms with E-state index in [0.717, 1.165) is 46.6 Å². The van der Waals surface area contributed by atoms with Crippen molar-refractivity contribution in [3.8, 4) is 28.3 Å². The summed E-state index contributed by atoms with van der Waals surface area (Å²) in [6, 6.07) is 12.9. The molecule has 2 aromatic heterocycles. The minimum atomic E-state index is -0.205. The van der Waals surface area contributed by atoms with Gasteiger partial charge in [-0.3, -0.25) is 9.48 Å². The van der Waals surface area contributed by atoms with E-state index in [-0.39, 0.29) is 5.91 Å². The highest BCUT2D eigenvalue weighted by Crippen LogP contribution is 2.41. The molecule has 0 saturated heterocycles. The molecule has 0 aliphatic heterocycles. The Balaban J connectivity index is 1.48. The van der Waals surface area contributed by atoms with Crippen LogP contribution in [0.15, 0.2) is 48.7 Å². The molecule has 0 fully saturated rings. The summed E-state index contributed by atoms with van der Waals surface area (Å²) < 4.78 is 12.4. The zero-order valence-electron chi connectivity index (χ0n) is 20.8. The van der Waals surface area contributed by atoms with Gasteiger partial charge in [0.15, 0.2) is 0 Å². The first-order valence-electron chi connectivity index (χ1n) is 11.9. The van der Waals surface area contributed by atoms with Crippen LogP contribution < -0.4 is 15.4 Å². The lowest BCUT2D eigenvalue weighted by Crippen LogP contribution is -2.26. The maximum Gasteiger partial charge on any atom is 0.251 e. The van der Waals surface area contributed by atoms with Gasteiger partial charge < -0.3 is 20.1 Å². The number of carbonyl (C=O) groups is 1. The number of rotatable bonds is 8. The van der Waals surface area contributed by atoms with Crippen LogP contribution in [0.2, 0.25) is 5.02 Å². The summed E-state index contributed by atoms with van der Waals surface area (Å²) >= 11 is 6.56. The molecule has 0 bridgehead atoms. The molecule has 190 valence electrons. The molecule has 1 amide bonds. The lowest BCUT2D eigenvalue weighted by atomic mass is 9.91. The molecule has 4 aromatic rings. The molecule has 0 radical (unpaired) electrons. The van der Waals surface area contributed by atoms with Crippen LogP contribution >= 0.6 is 11.6 Å². The molecule has 0 spiro atoms. The number of fused-ring (bicyclic) bond motifs is 3. The van der Waals surface area contributed by atoms with Gasteiger partial charge in [0.2, 0.25) is 5.95 Å². The predicted molar refractivity (Wildman–Crippen MR) is 143 cm³/mol. The van der Waals surface area contributed by atoms with Crippen molar-refractivity contribution in [2.45, 2.75) is 12.8 Å². The number of anilines is 2. The number of aryl methyl sites for hydroxylation is 3. The number of aromatic nitrogens is 4. The molecule has 37 heavy (non-hydrogen) atoms. The van der Waals surface area contributed by atoms with E-state index in [9.17, 15) is 4.79 Å². The van der Waals surface area contributed by atoms with E-state index >= 15 is 0 Å². The van der Waals surface area contributed by atoms with Gasteiger partial charge in [-0.1, -0.05) is 29.8 Å². The highest BCUT2D eigenvalue weighted by atomic mass is 35.5. The third-order valence-electron chi connectivity index (χ3n) is 6.28. The van der Waals surface area contributed by atoms with Crippen molar-refractivity contribution in [1.29, 1.82) is 0 Å². The lowest BCUT2D eigenvalue weighted by Gasteiger charge is -2.18. The molecular formula is C27H27ClN6O3. The molecule has 1 aliphatic rings. The maximum absolute atomic E-state index is 12.4. The number of halogens is 1. The molecule has 10 heteroatoms. The highest BCUT2D eigenvalue weighted by Gasteiger charge is 2.28. The molecule has 2 N–H and O–H groups in total. The number of nitrogens with one attached hydrogen (secondary N) is 2. The van der Waals surface area contributed by atoms with Crippen molar-refractivity contribution in [3.63, 3.8) is 0 Å². The third kappa shape index (κ3) is 4.87. The van der Waals surface area contributed by atoms with Crippen molar-refractivity contribution in [3.05, 3.63) is 70.5 Å². The van der Waals surface area contributed by atoms with Crippen molar-refractivity contribution in [2.24, 2.45) is 7.05 Å². The van der Waals surface area contributed by atoms with Crippen LogP contribution in [-0.4, -0.2) is 53.0 Å². The maximum atomic E-state index is 12.4. The second-order valence-electron chi connectivity index (χ2n) is 8.63. The Hall–Kier alpha value is -3.95. The summed E-state index contributed by atoms with van der Waals surface area (Å²) in [6.07, 6.45) is 3.46. The normalized spacial score (nSPS) is 12.0. The number of hydrogen-bond acceptors (Lipinski definition) is 7. The van der Waals surface area contributed by atoms with Crippen LogP contribution in [0.5, 0.6) is 5.75 Å². The van der Waals surface area contributed by atoms with Crippen LogP contribution in [0.1, 0.15) is 21.6 Å². The van der Waals surface area contributed by atoms with Crippen molar-refractivity contribution >= 4 is 29.1 Å². The summed E-state index contributed by atoms with van der Waals surface area (Å²) in [7, 11) is 5.07. The quantitative estimate of drug-likeness (QED) is 0.333. The van der Waals surface area contributed by atoms with Crippen molar-refractivity contribution < 1.29 is 14.3 Å². The lowest BCUT2D eigenvalue weighted by molar-refractivity contribution is 0.0937. The summed E-state index contributed by atoms with van der Waals surface area (Å²) in [5.41, 5.74) is 6.78. The second-order valence-corrected chi connectivity index (χ2v) is 9.04. The number of hydrogen-bond donors (Lipinski definition) is 2. The molecule has 5 rings (SSSR count). The van der Waals surface area contributed by atoms with Gasteiger partial charge in [0.1, 0.15) is 5.75 Å². The third-order valence-corrected chi connectivity index (χ3v) is 6.61. The molecular weight excluding hydrogens is 492 g/mol. The zero-order valence-corrected chi connectivity index (χ0v) is 21.6. The van der Waals surface area contributed by atoms with E-state index in [1.165, 1.54) is 0 Å². The Kier molecular flexibility index (Phi) is 7.07. The Labute approximate surface area is 219 Å². The fourth-order valence-electron chi connectivity index (χ4n) is 4.51. The minimum Gasteiger partial charge on any atom is -0.495 e. The first-order chi connectivity index (χ1) is 18.0. The SMILES string of the molecule is COCCNC(=O)c1ccc(Nc2ncc3c(n2)-c2c(nn(C)c2-c2ccccc2Cl)CC3)c(OC)c1. The Morgan fingerprint density at radius 3 is 2.78 bits per heavy atom.